The summed E-state index contributed by atoms with van der Waals surface area (Å²) >= 11 is 0. The summed E-state index contributed by atoms with van der Waals surface area (Å²) in [4.78, 5) is 26.3. The standard InChI is InChI=1S/C17H20FNO3/c1-10(2)8-14-16(21)15(11(3)20)17(22)19(14)9-12-4-6-13(18)7-5-12/h4-7,10,14,20H,8-9H2,1-3H3/b15-11-/t14-/m0/s1. The highest BCUT2D eigenvalue weighted by molar-refractivity contribution is 6.26. The number of carbonyl (C=O) groups excluding carboxylic acids is 2. The van der Waals surface area contributed by atoms with Gasteiger partial charge >= 0.3 is 0 Å². The molecule has 0 bridgehead atoms. The summed E-state index contributed by atoms with van der Waals surface area (Å²) in [6.45, 7) is 5.51. The van der Waals surface area contributed by atoms with Crippen LogP contribution < -0.4 is 0 Å². The summed E-state index contributed by atoms with van der Waals surface area (Å²) in [5.74, 6) is -1.15. The van der Waals surface area contributed by atoms with Crippen molar-refractivity contribution in [3.8, 4) is 0 Å². The zero-order valence-electron chi connectivity index (χ0n) is 13.0. The molecule has 5 heteroatoms. The van der Waals surface area contributed by atoms with Gasteiger partial charge in [-0.1, -0.05) is 26.0 Å². The van der Waals surface area contributed by atoms with Gasteiger partial charge in [-0.05, 0) is 37.0 Å². The second-order valence-corrected chi connectivity index (χ2v) is 6.03. The van der Waals surface area contributed by atoms with Crippen LogP contribution in [-0.2, 0) is 16.1 Å². The lowest BCUT2D eigenvalue weighted by atomic mass is 9.99. The molecule has 1 atom stereocenters. The first-order valence-electron chi connectivity index (χ1n) is 7.30. The molecule has 1 heterocycles. The maximum Gasteiger partial charge on any atom is 0.261 e. The van der Waals surface area contributed by atoms with Gasteiger partial charge in [-0.15, -0.1) is 0 Å². The van der Waals surface area contributed by atoms with E-state index in [1.807, 2.05) is 13.8 Å². The molecule has 1 aliphatic heterocycles. The summed E-state index contributed by atoms with van der Waals surface area (Å²) in [7, 11) is 0. The first-order chi connectivity index (χ1) is 10.3. The van der Waals surface area contributed by atoms with E-state index in [-0.39, 0.29) is 35.4 Å². The molecule has 0 saturated carbocycles. The lowest BCUT2D eigenvalue weighted by Crippen LogP contribution is -2.36. The van der Waals surface area contributed by atoms with Crippen LogP contribution in [0.15, 0.2) is 35.6 Å². The Hall–Kier alpha value is -2.17. The second kappa shape index (κ2) is 6.30. The van der Waals surface area contributed by atoms with Gasteiger partial charge in [0.1, 0.15) is 17.1 Å². The molecule has 1 saturated heterocycles. The molecule has 22 heavy (non-hydrogen) atoms. The lowest BCUT2D eigenvalue weighted by Gasteiger charge is -2.24. The van der Waals surface area contributed by atoms with Gasteiger partial charge in [0, 0.05) is 6.54 Å². The molecule has 1 N–H and O–H groups in total. The molecule has 1 aliphatic rings. The quantitative estimate of drug-likeness (QED) is 0.528. The van der Waals surface area contributed by atoms with Crippen LogP contribution in [0.1, 0.15) is 32.8 Å². The van der Waals surface area contributed by atoms with Crippen molar-refractivity contribution in [1.29, 1.82) is 0 Å². The summed E-state index contributed by atoms with van der Waals surface area (Å²) in [5.41, 5.74) is 0.612. The molecule has 1 aromatic carbocycles. The number of hydrogen-bond acceptors (Lipinski definition) is 3. The van der Waals surface area contributed by atoms with Gasteiger partial charge in [0.25, 0.3) is 5.91 Å². The number of aliphatic hydroxyl groups excluding tert-OH is 1. The Balaban J connectivity index is 2.32. The zero-order chi connectivity index (χ0) is 16.4. The van der Waals surface area contributed by atoms with E-state index in [0.29, 0.717) is 6.42 Å². The predicted molar refractivity (Wildman–Crippen MR) is 80.5 cm³/mol. The lowest BCUT2D eigenvalue weighted by molar-refractivity contribution is -0.128. The van der Waals surface area contributed by atoms with Crippen LogP contribution in [-0.4, -0.2) is 27.7 Å². The topological polar surface area (TPSA) is 57.6 Å². The molecule has 0 spiro atoms. The van der Waals surface area contributed by atoms with E-state index in [2.05, 4.69) is 0 Å². The average Bonchev–Trinajstić information content (AvgIpc) is 2.65. The molecule has 1 fully saturated rings. The van der Waals surface area contributed by atoms with Gasteiger partial charge in [-0.25, -0.2) is 4.39 Å². The first kappa shape index (κ1) is 16.2. The number of benzene rings is 1. The van der Waals surface area contributed by atoms with E-state index in [9.17, 15) is 19.1 Å². The Morgan fingerprint density at radius 1 is 1.27 bits per heavy atom. The van der Waals surface area contributed by atoms with Crippen molar-refractivity contribution in [2.75, 3.05) is 0 Å². The minimum absolute atomic E-state index is 0.132. The van der Waals surface area contributed by atoms with Gasteiger partial charge in [-0.3, -0.25) is 9.59 Å². The van der Waals surface area contributed by atoms with Gasteiger partial charge < -0.3 is 10.0 Å². The van der Waals surface area contributed by atoms with E-state index in [1.165, 1.54) is 24.0 Å². The molecule has 118 valence electrons. The Kier molecular flexibility index (Phi) is 4.64. The number of amides is 1. The van der Waals surface area contributed by atoms with Crippen LogP contribution in [0.3, 0.4) is 0 Å². The summed E-state index contributed by atoms with van der Waals surface area (Å²) < 4.78 is 13.0. The van der Waals surface area contributed by atoms with Crippen LogP contribution in [0.2, 0.25) is 0 Å². The van der Waals surface area contributed by atoms with Crippen LogP contribution in [0.25, 0.3) is 0 Å². The van der Waals surface area contributed by atoms with Gasteiger partial charge in [0.05, 0.1) is 6.04 Å². The SMILES string of the molecule is C/C(O)=C1\C(=O)[C@H](CC(C)C)N(Cc2ccc(F)cc2)C1=O. The number of allylic oxidation sites excluding steroid dienone is 1. The van der Waals surface area contributed by atoms with Crippen LogP contribution >= 0.6 is 0 Å². The Labute approximate surface area is 129 Å². The van der Waals surface area contributed by atoms with Crippen LogP contribution in [0.4, 0.5) is 4.39 Å². The smallest absolute Gasteiger partial charge is 0.261 e. The molecule has 0 unspecified atom stereocenters. The number of aliphatic hydroxyl groups is 1. The van der Waals surface area contributed by atoms with Crippen LogP contribution in [0, 0.1) is 11.7 Å². The van der Waals surface area contributed by atoms with Gasteiger partial charge in [0.2, 0.25) is 0 Å². The number of carbonyl (C=O) groups is 2. The molecule has 0 aliphatic carbocycles. The summed E-state index contributed by atoms with van der Waals surface area (Å²) in [5, 5.41) is 9.63. The number of rotatable bonds is 4. The highest BCUT2D eigenvalue weighted by Gasteiger charge is 2.44. The maximum atomic E-state index is 13.0. The third-order valence-electron chi connectivity index (χ3n) is 3.72. The van der Waals surface area contributed by atoms with Crippen molar-refractivity contribution in [1.82, 2.24) is 4.90 Å². The van der Waals surface area contributed by atoms with E-state index in [0.717, 1.165) is 5.56 Å². The fourth-order valence-electron chi connectivity index (χ4n) is 2.68. The normalized spacial score (nSPS) is 21.0. The third-order valence-corrected chi connectivity index (χ3v) is 3.72. The first-order valence-corrected chi connectivity index (χ1v) is 7.30. The zero-order valence-corrected chi connectivity index (χ0v) is 13.0. The Morgan fingerprint density at radius 3 is 2.36 bits per heavy atom. The minimum atomic E-state index is -0.574. The molecular weight excluding hydrogens is 285 g/mol. The molecule has 4 nitrogen and oxygen atoms in total. The highest BCUT2D eigenvalue weighted by atomic mass is 19.1. The number of halogens is 1. The Morgan fingerprint density at radius 2 is 1.86 bits per heavy atom. The molecule has 2 rings (SSSR count). The monoisotopic (exact) mass is 305 g/mol. The number of ketones is 1. The fraction of sp³-hybridized carbons (Fsp3) is 0.412. The van der Waals surface area contributed by atoms with Crippen molar-refractivity contribution in [2.24, 2.45) is 5.92 Å². The van der Waals surface area contributed by atoms with E-state index < -0.39 is 11.9 Å². The number of hydrogen-bond donors (Lipinski definition) is 1. The van der Waals surface area contributed by atoms with Gasteiger partial charge in [0.15, 0.2) is 5.78 Å². The number of nitrogens with zero attached hydrogens (tertiary/aromatic N) is 1. The third kappa shape index (κ3) is 3.18. The summed E-state index contributed by atoms with van der Waals surface area (Å²) in [6.07, 6.45) is 0.530. The maximum absolute atomic E-state index is 13.0. The largest absolute Gasteiger partial charge is 0.512 e. The van der Waals surface area contributed by atoms with Crippen molar-refractivity contribution < 1.29 is 19.1 Å². The Bertz CT molecular complexity index is 615. The molecule has 1 amide bonds. The van der Waals surface area contributed by atoms with Gasteiger partial charge in [-0.2, -0.15) is 0 Å². The fourth-order valence-corrected chi connectivity index (χ4v) is 2.68. The molecule has 0 aromatic heterocycles. The second-order valence-electron chi connectivity index (χ2n) is 6.03. The van der Waals surface area contributed by atoms with Crippen molar-refractivity contribution in [3.63, 3.8) is 0 Å². The van der Waals surface area contributed by atoms with E-state index >= 15 is 0 Å². The minimum Gasteiger partial charge on any atom is -0.512 e. The molecular formula is C17H20FNO3. The van der Waals surface area contributed by atoms with E-state index in [4.69, 9.17) is 0 Å². The number of Topliss-reactive ketones (excluding diaryl/α,β-unsaturated/α-hetero) is 1. The van der Waals surface area contributed by atoms with Crippen molar-refractivity contribution in [3.05, 3.63) is 47.0 Å². The predicted octanol–water partition coefficient (Wildman–Crippen LogP) is 2.98. The van der Waals surface area contributed by atoms with Crippen molar-refractivity contribution >= 4 is 11.7 Å². The summed E-state index contributed by atoms with van der Waals surface area (Å²) in [6, 6.07) is 5.25. The van der Waals surface area contributed by atoms with E-state index in [1.54, 1.807) is 12.1 Å². The van der Waals surface area contributed by atoms with Crippen molar-refractivity contribution in [2.45, 2.75) is 39.8 Å². The average molecular weight is 305 g/mol. The molecule has 1 aromatic rings. The van der Waals surface area contributed by atoms with Crippen LogP contribution in [0.5, 0.6) is 0 Å². The number of likely N-dealkylation sites (tertiary alicyclic amines) is 1. The highest BCUT2D eigenvalue weighted by Crippen LogP contribution is 2.28. The molecule has 0 radical (unpaired) electrons.